The molecule has 0 saturated carbocycles. The number of unbranched alkanes of at least 4 members (excludes halogenated alkanes) is 3. The molecule has 7 heteroatoms. The Bertz CT molecular complexity index is 648. The number of carbonyl (C=O) groups excluding carboxylic acids is 2. The van der Waals surface area contributed by atoms with Crippen LogP contribution in [-0.2, 0) is 32.0 Å². The molecule has 0 saturated heterocycles. The number of aryl methyl sites for hydroxylation is 1. The Balaban J connectivity index is 2.28. The van der Waals surface area contributed by atoms with E-state index >= 15 is 0 Å². The largest absolute Gasteiger partial charge is 0.465 e. The van der Waals surface area contributed by atoms with Crippen LogP contribution in [0.15, 0.2) is 6.58 Å². The van der Waals surface area contributed by atoms with Crippen molar-refractivity contribution >= 4 is 17.5 Å². The van der Waals surface area contributed by atoms with Crippen LogP contribution in [0.5, 0.6) is 0 Å². The van der Waals surface area contributed by atoms with Gasteiger partial charge in [0.2, 0.25) is 0 Å². The summed E-state index contributed by atoms with van der Waals surface area (Å²) in [7, 11) is 0. The first kappa shape index (κ1) is 20.1. The zero-order valence-electron chi connectivity index (χ0n) is 16.0. The van der Waals surface area contributed by atoms with Gasteiger partial charge in [0.05, 0.1) is 24.6 Å². The van der Waals surface area contributed by atoms with E-state index in [9.17, 15) is 9.59 Å². The number of rotatable bonds is 9. The fourth-order valence-corrected chi connectivity index (χ4v) is 3.41. The van der Waals surface area contributed by atoms with Gasteiger partial charge in [0.25, 0.3) is 0 Å². The first-order valence-corrected chi connectivity index (χ1v) is 9.45. The van der Waals surface area contributed by atoms with E-state index in [1.807, 2.05) is 4.68 Å². The minimum atomic E-state index is -1.42. The van der Waals surface area contributed by atoms with Crippen molar-refractivity contribution in [2.45, 2.75) is 65.8 Å². The lowest BCUT2D eigenvalue weighted by Gasteiger charge is -2.32. The van der Waals surface area contributed by atoms with Crippen LogP contribution in [0.3, 0.4) is 0 Å². The second kappa shape index (κ2) is 8.96. The topological polar surface area (TPSA) is 83.3 Å². The highest BCUT2D eigenvalue weighted by molar-refractivity contribution is 6.02. The zero-order chi connectivity index (χ0) is 19.2. The number of hydrogen-bond donors (Lipinski definition) is 0. The molecule has 7 nitrogen and oxygen atoms in total. The van der Waals surface area contributed by atoms with E-state index in [0.717, 1.165) is 25.1 Å². The van der Waals surface area contributed by atoms with Gasteiger partial charge in [0, 0.05) is 19.4 Å². The Morgan fingerprint density at radius 3 is 2.31 bits per heavy atom. The van der Waals surface area contributed by atoms with Crippen molar-refractivity contribution in [1.29, 1.82) is 0 Å². The molecule has 2 rings (SSSR count). The van der Waals surface area contributed by atoms with Gasteiger partial charge in [-0.2, -0.15) is 0 Å². The SMILES string of the molecule is C=C1CC(C(=O)OCC)(C(=O)OCC)Cc2nnn(CCCCCC)c21. The van der Waals surface area contributed by atoms with E-state index in [0.29, 0.717) is 11.3 Å². The van der Waals surface area contributed by atoms with E-state index in [4.69, 9.17) is 9.47 Å². The Kier molecular flexibility index (Phi) is 6.94. The van der Waals surface area contributed by atoms with Gasteiger partial charge in [-0.1, -0.05) is 38.0 Å². The Morgan fingerprint density at radius 1 is 1.08 bits per heavy atom. The van der Waals surface area contributed by atoms with Crippen molar-refractivity contribution < 1.29 is 19.1 Å². The van der Waals surface area contributed by atoms with Gasteiger partial charge in [-0.05, 0) is 25.8 Å². The van der Waals surface area contributed by atoms with Crippen LogP contribution < -0.4 is 0 Å². The summed E-state index contributed by atoms with van der Waals surface area (Å²) in [5.41, 5.74) is 0.704. The van der Waals surface area contributed by atoms with Gasteiger partial charge in [0.1, 0.15) is 0 Å². The number of esters is 2. The Hall–Kier alpha value is -2.18. The molecule has 0 radical (unpaired) electrons. The predicted octanol–water partition coefficient (Wildman–Crippen LogP) is 2.93. The van der Waals surface area contributed by atoms with Crippen molar-refractivity contribution in [2.75, 3.05) is 13.2 Å². The molecular weight excluding hydrogens is 334 g/mol. The highest BCUT2D eigenvalue weighted by Gasteiger charge is 2.53. The average Bonchev–Trinajstić information content (AvgIpc) is 3.02. The summed E-state index contributed by atoms with van der Waals surface area (Å²) in [6.45, 7) is 10.8. The second-order valence-electron chi connectivity index (χ2n) is 6.65. The molecule has 144 valence electrons. The summed E-state index contributed by atoms with van der Waals surface area (Å²) >= 11 is 0. The molecule has 0 N–H and O–H groups in total. The van der Waals surface area contributed by atoms with E-state index in [1.54, 1.807) is 13.8 Å². The molecule has 26 heavy (non-hydrogen) atoms. The first-order valence-electron chi connectivity index (χ1n) is 9.45. The summed E-state index contributed by atoms with van der Waals surface area (Å²) in [6.07, 6.45) is 4.80. The monoisotopic (exact) mass is 363 g/mol. The van der Waals surface area contributed by atoms with Crippen molar-refractivity contribution in [2.24, 2.45) is 5.41 Å². The normalized spacial score (nSPS) is 15.4. The van der Waals surface area contributed by atoms with Crippen LogP contribution in [0.25, 0.3) is 5.57 Å². The molecule has 1 aliphatic carbocycles. The first-order chi connectivity index (χ1) is 12.5. The van der Waals surface area contributed by atoms with Gasteiger partial charge in [-0.15, -0.1) is 5.10 Å². The fraction of sp³-hybridized carbons (Fsp3) is 0.684. The summed E-state index contributed by atoms with van der Waals surface area (Å²) in [5, 5.41) is 8.45. The van der Waals surface area contributed by atoms with E-state index in [1.165, 1.54) is 12.8 Å². The third kappa shape index (κ3) is 3.97. The molecule has 0 bridgehead atoms. The Morgan fingerprint density at radius 2 is 1.73 bits per heavy atom. The highest BCUT2D eigenvalue weighted by atomic mass is 16.6. The molecule has 0 amide bonds. The molecular formula is C19H29N3O4. The molecule has 0 aromatic carbocycles. The fourth-order valence-electron chi connectivity index (χ4n) is 3.41. The lowest BCUT2D eigenvalue weighted by Crippen LogP contribution is -2.46. The number of fused-ring (bicyclic) bond motifs is 1. The number of nitrogens with zero attached hydrogens (tertiary/aromatic N) is 3. The maximum Gasteiger partial charge on any atom is 0.324 e. The number of carbonyl (C=O) groups is 2. The van der Waals surface area contributed by atoms with Crippen LogP contribution in [0.4, 0.5) is 0 Å². The van der Waals surface area contributed by atoms with Crippen molar-refractivity contribution in [3.8, 4) is 0 Å². The molecule has 1 aromatic heterocycles. The van der Waals surface area contributed by atoms with E-state index in [2.05, 4.69) is 23.8 Å². The van der Waals surface area contributed by atoms with E-state index < -0.39 is 17.4 Å². The predicted molar refractivity (Wildman–Crippen MR) is 97.2 cm³/mol. The van der Waals surface area contributed by atoms with Gasteiger partial charge >= 0.3 is 11.9 Å². The number of aromatic nitrogens is 3. The molecule has 1 aromatic rings. The van der Waals surface area contributed by atoms with Crippen molar-refractivity contribution in [3.05, 3.63) is 18.0 Å². The third-order valence-corrected chi connectivity index (χ3v) is 4.68. The van der Waals surface area contributed by atoms with Crippen molar-refractivity contribution in [1.82, 2.24) is 15.0 Å². The summed E-state index contributed by atoms with van der Waals surface area (Å²) < 4.78 is 12.2. The molecule has 0 fully saturated rings. The molecule has 1 aliphatic rings. The molecule has 0 unspecified atom stereocenters. The van der Waals surface area contributed by atoms with Gasteiger partial charge in [0.15, 0.2) is 5.41 Å². The van der Waals surface area contributed by atoms with Crippen LogP contribution in [0.2, 0.25) is 0 Å². The zero-order valence-corrected chi connectivity index (χ0v) is 16.0. The Labute approximate surface area is 154 Å². The molecule has 1 heterocycles. The lowest BCUT2D eigenvalue weighted by atomic mass is 9.72. The van der Waals surface area contributed by atoms with Gasteiger partial charge in [-0.3, -0.25) is 9.59 Å². The van der Waals surface area contributed by atoms with Crippen LogP contribution in [0.1, 0.15) is 64.3 Å². The quantitative estimate of drug-likeness (QED) is 0.381. The number of ether oxygens (including phenoxy) is 2. The minimum Gasteiger partial charge on any atom is -0.465 e. The van der Waals surface area contributed by atoms with Gasteiger partial charge in [-0.25, -0.2) is 4.68 Å². The number of allylic oxidation sites excluding steroid dienone is 1. The average molecular weight is 363 g/mol. The lowest BCUT2D eigenvalue weighted by molar-refractivity contribution is -0.172. The standard InChI is InChI=1S/C19H29N3O4/c1-5-8-9-10-11-22-16-14(4)12-19(17(23)25-6-2,18(24)26-7-3)13-15(16)20-21-22/h4-13H2,1-3H3. The van der Waals surface area contributed by atoms with Crippen LogP contribution >= 0.6 is 0 Å². The van der Waals surface area contributed by atoms with Gasteiger partial charge < -0.3 is 9.47 Å². The maximum atomic E-state index is 12.6. The maximum absolute atomic E-state index is 12.6. The summed E-state index contributed by atoms with van der Waals surface area (Å²) in [5.74, 6) is -1.16. The summed E-state index contributed by atoms with van der Waals surface area (Å²) in [4.78, 5) is 25.2. The smallest absolute Gasteiger partial charge is 0.324 e. The van der Waals surface area contributed by atoms with Crippen molar-refractivity contribution in [3.63, 3.8) is 0 Å². The van der Waals surface area contributed by atoms with Crippen LogP contribution in [-0.4, -0.2) is 40.1 Å². The molecule has 0 aliphatic heterocycles. The summed E-state index contributed by atoms with van der Waals surface area (Å²) in [6, 6.07) is 0. The van der Waals surface area contributed by atoms with Crippen LogP contribution in [0, 0.1) is 5.41 Å². The number of hydrogen-bond acceptors (Lipinski definition) is 6. The van der Waals surface area contributed by atoms with E-state index in [-0.39, 0.29) is 26.1 Å². The minimum absolute atomic E-state index is 0.133. The molecule has 0 spiro atoms. The highest BCUT2D eigenvalue weighted by Crippen LogP contribution is 2.42. The third-order valence-electron chi connectivity index (χ3n) is 4.68. The molecule has 0 atom stereocenters. The second-order valence-corrected chi connectivity index (χ2v) is 6.65.